The lowest BCUT2D eigenvalue weighted by Crippen LogP contribution is -2.12. The largest absolute Gasteiger partial charge is 0.458 e. The first kappa shape index (κ1) is 11.8. The zero-order valence-electron chi connectivity index (χ0n) is 9.06. The topological polar surface area (TPSA) is 52.6 Å². The Balaban J connectivity index is 2.48. The molecule has 1 aliphatic carbocycles. The smallest absolute Gasteiger partial charge is 0.303 e. The molecule has 0 spiro atoms. The lowest BCUT2D eigenvalue weighted by Gasteiger charge is -2.10. The molecule has 0 saturated heterocycles. The first-order valence-corrected chi connectivity index (χ1v) is 5.10. The van der Waals surface area contributed by atoms with Gasteiger partial charge in [0.1, 0.15) is 12.2 Å². The molecule has 0 amide bonds. The maximum Gasteiger partial charge on any atom is 0.303 e. The number of rotatable bonds is 2. The van der Waals surface area contributed by atoms with Crippen LogP contribution in [0, 0.1) is 0 Å². The van der Waals surface area contributed by atoms with Gasteiger partial charge in [0, 0.05) is 13.8 Å². The number of hydrogen-bond donors (Lipinski definition) is 0. The first-order valence-electron chi connectivity index (χ1n) is 5.10. The van der Waals surface area contributed by atoms with Gasteiger partial charge in [0.15, 0.2) is 0 Å². The summed E-state index contributed by atoms with van der Waals surface area (Å²) in [6, 6.07) is 0. The van der Waals surface area contributed by atoms with Crippen LogP contribution < -0.4 is 0 Å². The summed E-state index contributed by atoms with van der Waals surface area (Å²) in [4.78, 5) is 21.5. The summed E-state index contributed by atoms with van der Waals surface area (Å²) in [5, 5.41) is 0. The van der Waals surface area contributed by atoms with Gasteiger partial charge in [0.25, 0.3) is 0 Å². The van der Waals surface area contributed by atoms with Gasteiger partial charge in [-0.2, -0.15) is 0 Å². The number of esters is 2. The van der Waals surface area contributed by atoms with E-state index < -0.39 is 0 Å². The van der Waals surface area contributed by atoms with Crippen molar-refractivity contribution < 1.29 is 19.1 Å². The van der Waals surface area contributed by atoms with Crippen molar-refractivity contribution in [1.29, 1.82) is 0 Å². The second-order valence-corrected chi connectivity index (χ2v) is 3.61. The minimum absolute atomic E-state index is 0.178. The van der Waals surface area contributed by atoms with Crippen molar-refractivity contribution in [1.82, 2.24) is 0 Å². The zero-order valence-corrected chi connectivity index (χ0v) is 9.06. The van der Waals surface area contributed by atoms with Gasteiger partial charge in [-0.1, -0.05) is 0 Å². The Morgan fingerprint density at radius 3 is 1.73 bits per heavy atom. The monoisotopic (exact) mass is 212 g/mol. The van der Waals surface area contributed by atoms with E-state index >= 15 is 0 Å². The van der Waals surface area contributed by atoms with Crippen molar-refractivity contribution >= 4 is 11.9 Å². The SMILES string of the molecule is CC(=O)O[C@H]1C=C[C@H](OC(C)=O)CCC1. The molecule has 4 nitrogen and oxygen atoms in total. The van der Waals surface area contributed by atoms with Crippen molar-refractivity contribution in [3.8, 4) is 0 Å². The normalized spacial score (nSPS) is 25.5. The lowest BCUT2D eigenvalue weighted by molar-refractivity contribution is -0.145. The van der Waals surface area contributed by atoms with E-state index in [1.54, 1.807) is 12.2 Å². The minimum Gasteiger partial charge on any atom is -0.458 e. The third-order valence-corrected chi connectivity index (χ3v) is 2.15. The van der Waals surface area contributed by atoms with E-state index in [0.717, 1.165) is 19.3 Å². The summed E-state index contributed by atoms with van der Waals surface area (Å²) in [6.45, 7) is 2.78. The summed E-state index contributed by atoms with van der Waals surface area (Å²) in [7, 11) is 0. The Labute approximate surface area is 89.2 Å². The van der Waals surface area contributed by atoms with Gasteiger partial charge in [-0.05, 0) is 31.4 Å². The molecule has 0 heterocycles. The highest BCUT2D eigenvalue weighted by molar-refractivity contribution is 5.66. The molecule has 2 atom stereocenters. The fraction of sp³-hybridized carbons (Fsp3) is 0.636. The van der Waals surface area contributed by atoms with E-state index in [2.05, 4.69) is 0 Å². The number of ether oxygens (including phenoxy) is 2. The van der Waals surface area contributed by atoms with Crippen LogP contribution in [0.2, 0.25) is 0 Å². The van der Waals surface area contributed by atoms with E-state index in [-0.39, 0.29) is 24.1 Å². The Morgan fingerprint density at radius 2 is 1.40 bits per heavy atom. The van der Waals surface area contributed by atoms with Crippen LogP contribution in [0.3, 0.4) is 0 Å². The predicted molar refractivity (Wildman–Crippen MR) is 54.1 cm³/mol. The van der Waals surface area contributed by atoms with Gasteiger partial charge in [-0.15, -0.1) is 0 Å². The standard InChI is InChI=1S/C11H16O4/c1-8(12)14-10-4-3-5-11(7-6-10)15-9(2)13/h6-7,10-11H,3-5H2,1-2H3/t10-,11-/m1/s1. The molecule has 0 bridgehead atoms. The molecule has 0 aromatic heterocycles. The molecule has 0 unspecified atom stereocenters. The van der Waals surface area contributed by atoms with Crippen LogP contribution in [0.1, 0.15) is 33.1 Å². The van der Waals surface area contributed by atoms with Crippen molar-refractivity contribution in [3.05, 3.63) is 12.2 Å². The molecule has 15 heavy (non-hydrogen) atoms. The molecule has 84 valence electrons. The highest BCUT2D eigenvalue weighted by Gasteiger charge is 2.16. The Morgan fingerprint density at radius 1 is 1.00 bits per heavy atom. The highest BCUT2D eigenvalue weighted by Crippen LogP contribution is 2.16. The highest BCUT2D eigenvalue weighted by atomic mass is 16.5. The summed E-state index contributed by atoms with van der Waals surface area (Å²) >= 11 is 0. The molecule has 0 N–H and O–H groups in total. The summed E-state index contributed by atoms with van der Waals surface area (Å²) < 4.78 is 10.1. The van der Waals surface area contributed by atoms with Gasteiger partial charge < -0.3 is 9.47 Å². The van der Waals surface area contributed by atoms with E-state index in [9.17, 15) is 9.59 Å². The molecule has 0 aromatic carbocycles. The number of hydrogen-bond acceptors (Lipinski definition) is 4. The molecule has 0 aromatic rings. The van der Waals surface area contributed by atoms with Crippen LogP contribution in [-0.2, 0) is 19.1 Å². The lowest BCUT2D eigenvalue weighted by atomic mass is 10.2. The molecular formula is C11H16O4. The Bertz CT molecular complexity index is 244. The van der Waals surface area contributed by atoms with Crippen molar-refractivity contribution in [2.75, 3.05) is 0 Å². The molecule has 1 rings (SSSR count). The van der Waals surface area contributed by atoms with Crippen LogP contribution in [0.5, 0.6) is 0 Å². The van der Waals surface area contributed by atoms with Crippen LogP contribution in [-0.4, -0.2) is 24.1 Å². The van der Waals surface area contributed by atoms with Crippen LogP contribution >= 0.6 is 0 Å². The van der Waals surface area contributed by atoms with E-state index in [4.69, 9.17) is 9.47 Å². The first-order chi connectivity index (χ1) is 7.08. The van der Waals surface area contributed by atoms with Crippen LogP contribution in [0.15, 0.2) is 12.2 Å². The Hall–Kier alpha value is -1.32. The van der Waals surface area contributed by atoms with Gasteiger partial charge in [-0.3, -0.25) is 9.59 Å². The fourth-order valence-electron chi connectivity index (χ4n) is 1.58. The van der Waals surface area contributed by atoms with Gasteiger partial charge in [-0.25, -0.2) is 0 Å². The third kappa shape index (κ3) is 4.63. The summed E-state index contributed by atoms with van der Waals surface area (Å²) in [5.41, 5.74) is 0. The van der Waals surface area contributed by atoms with Crippen molar-refractivity contribution in [2.24, 2.45) is 0 Å². The fourth-order valence-corrected chi connectivity index (χ4v) is 1.58. The summed E-state index contributed by atoms with van der Waals surface area (Å²) in [5.74, 6) is -0.564. The molecule has 4 heteroatoms. The predicted octanol–water partition coefficient (Wildman–Crippen LogP) is 1.59. The second-order valence-electron chi connectivity index (χ2n) is 3.61. The minimum atomic E-state index is -0.282. The molecule has 0 fully saturated rings. The molecular weight excluding hydrogens is 196 g/mol. The Kier molecular flexibility index (Phi) is 4.34. The van der Waals surface area contributed by atoms with E-state index in [1.165, 1.54) is 13.8 Å². The van der Waals surface area contributed by atoms with Gasteiger partial charge in [0.05, 0.1) is 0 Å². The van der Waals surface area contributed by atoms with Crippen LogP contribution in [0.4, 0.5) is 0 Å². The quantitative estimate of drug-likeness (QED) is 0.515. The molecule has 0 aliphatic heterocycles. The second kappa shape index (κ2) is 5.53. The number of carbonyl (C=O) groups excluding carboxylic acids is 2. The van der Waals surface area contributed by atoms with Crippen molar-refractivity contribution in [3.63, 3.8) is 0 Å². The molecule has 0 saturated carbocycles. The average molecular weight is 212 g/mol. The third-order valence-electron chi connectivity index (χ3n) is 2.15. The molecule has 1 aliphatic rings. The average Bonchev–Trinajstić information content (AvgIpc) is 2.29. The van der Waals surface area contributed by atoms with E-state index in [0.29, 0.717) is 0 Å². The number of carbonyl (C=O) groups is 2. The van der Waals surface area contributed by atoms with E-state index in [1.807, 2.05) is 0 Å². The zero-order chi connectivity index (χ0) is 11.3. The van der Waals surface area contributed by atoms with Gasteiger partial charge >= 0.3 is 11.9 Å². The van der Waals surface area contributed by atoms with Gasteiger partial charge in [0.2, 0.25) is 0 Å². The van der Waals surface area contributed by atoms with Crippen molar-refractivity contribution in [2.45, 2.75) is 45.3 Å². The maximum absolute atomic E-state index is 10.7. The van der Waals surface area contributed by atoms with Crippen LogP contribution in [0.25, 0.3) is 0 Å². The summed E-state index contributed by atoms with van der Waals surface area (Å²) in [6.07, 6.45) is 5.68. The molecule has 0 radical (unpaired) electrons. The maximum atomic E-state index is 10.7.